The Labute approximate surface area is 110 Å². The summed E-state index contributed by atoms with van der Waals surface area (Å²) < 4.78 is 5.19. The highest BCUT2D eigenvalue weighted by Crippen LogP contribution is 2.08. The van der Waals surface area contributed by atoms with Crippen molar-refractivity contribution in [3.63, 3.8) is 0 Å². The Morgan fingerprint density at radius 3 is 2.61 bits per heavy atom. The third kappa shape index (κ3) is 6.24. The molecule has 0 amide bonds. The van der Waals surface area contributed by atoms with E-state index in [2.05, 4.69) is 6.92 Å². The SMILES string of the molecule is CCCCC/C(C)=C/C(=O)OCc1ccccc1. The van der Waals surface area contributed by atoms with Crippen molar-refractivity contribution >= 4 is 5.97 Å². The van der Waals surface area contributed by atoms with Gasteiger partial charge < -0.3 is 4.74 Å². The van der Waals surface area contributed by atoms with E-state index in [1.165, 1.54) is 12.8 Å². The normalized spacial score (nSPS) is 11.3. The summed E-state index contributed by atoms with van der Waals surface area (Å²) in [7, 11) is 0. The molecular formula is C16H22O2. The van der Waals surface area contributed by atoms with Crippen LogP contribution < -0.4 is 0 Å². The van der Waals surface area contributed by atoms with Gasteiger partial charge in [-0.1, -0.05) is 55.7 Å². The zero-order chi connectivity index (χ0) is 13.2. The molecule has 0 spiro atoms. The van der Waals surface area contributed by atoms with E-state index in [0.717, 1.165) is 24.0 Å². The fourth-order valence-corrected chi connectivity index (χ4v) is 1.70. The highest BCUT2D eigenvalue weighted by atomic mass is 16.5. The number of hydrogen-bond donors (Lipinski definition) is 0. The molecule has 0 aromatic heterocycles. The van der Waals surface area contributed by atoms with Gasteiger partial charge in [-0.25, -0.2) is 4.79 Å². The summed E-state index contributed by atoms with van der Waals surface area (Å²) in [5.41, 5.74) is 2.12. The Kier molecular flexibility index (Phi) is 6.85. The Balaban J connectivity index is 2.30. The molecule has 1 aromatic rings. The van der Waals surface area contributed by atoms with Crippen molar-refractivity contribution in [3.05, 3.63) is 47.5 Å². The van der Waals surface area contributed by atoms with E-state index >= 15 is 0 Å². The molecule has 0 fully saturated rings. The lowest BCUT2D eigenvalue weighted by atomic mass is 10.1. The lowest BCUT2D eigenvalue weighted by molar-refractivity contribution is -0.139. The average molecular weight is 246 g/mol. The Morgan fingerprint density at radius 2 is 1.94 bits per heavy atom. The van der Waals surface area contributed by atoms with Gasteiger partial charge in [-0.15, -0.1) is 0 Å². The van der Waals surface area contributed by atoms with Crippen molar-refractivity contribution in [2.75, 3.05) is 0 Å². The first-order valence-electron chi connectivity index (χ1n) is 6.60. The molecule has 0 saturated heterocycles. The second-order valence-corrected chi connectivity index (χ2v) is 4.54. The standard InChI is InChI=1S/C16H22O2/c1-3-4-6-9-14(2)12-16(17)18-13-15-10-7-5-8-11-15/h5,7-8,10-12H,3-4,6,9,13H2,1-2H3/b14-12+. The van der Waals surface area contributed by atoms with Crippen molar-refractivity contribution in [1.82, 2.24) is 0 Å². The van der Waals surface area contributed by atoms with Crippen molar-refractivity contribution in [3.8, 4) is 0 Å². The number of benzene rings is 1. The minimum absolute atomic E-state index is 0.243. The second-order valence-electron chi connectivity index (χ2n) is 4.54. The van der Waals surface area contributed by atoms with E-state index in [1.807, 2.05) is 37.3 Å². The first-order chi connectivity index (χ1) is 8.72. The highest BCUT2D eigenvalue weighted by molar-refractivity contribution is 5.82. The summed E-state index contributed by atoms with van der Waals surface area (Å²) in [6.45, 7) is 4.50. The Bertz CT molecular complexity index is 379. The Hall–Kier alpha value is -1.57. The van der Waals surface area contributed by atoms with Crippen LogP contribution in [-0.2, 0) is 16.1 Å². The molecule has 0 aliphatic carbocycles. The number of ether oxygens (including phenoxy) is 1. The quantitative estimate of drug-likeness (QED) is 0.408. The maximum atomic E-state index is 11.6. The van der Waals surface area contributed by atoms with E-state index in [0.29, 0.717) is 6.61 Å². The summed E-state index contributed by atoms with van der Waals surface area (Å²) >= 11 is 0. The number of carbonyl (C=O) groups is 1. The first-order valence-corrected chi connectivity index (χ1v) is 6.60. The van der Waals surface area contributed by atoms with Gasteiger partial charge >= 0.3 is 5.97 Å². The number of rotatable bonds is 7. The third-order valence-electron chi connectivity index (χ3n) is 2.76. The third-order valence-corrected chi connectivity index (χ3v) is 2.76. The van der Waals surface area contributed by atoms with Crippen LogP contribution in [0.3, 0.4) is 0 Å². The molecular weight excluding hydrogens is 224 g/mol. The monoisotopic (exact) mass is 246 g/mol. The topological polar surface area (TPSA) is 26.3 Å². The van der Waals surface area contributed by atoms with Crippen molar-refractivity contribution in [2.24, 2.45) is 0 Å². The second kappa shape index (κ2) is 8.51. The summed E-state index contributed by atoms with van der Waals surface area (Å²) in [4.78, 5) is 11.6. The molecule has 0 radical (unpaired) electrons. The average Bonchev–Trinajstić information content (AvgIpc) is 2.38. The molecule has 0 bridgehead atoms. The van der Waals surface area contributed by atoms with Crippen molar-refractivity contribution in [2.45, 2.75) is 46.1 Å². The summed E-state index contributed by atoms with van der Waals surface area (Å²) in [6, 6.07) is 9.73. The van der Waals surface area contributed by atoms with Gasteiger partial charge in [0.05, 0.1) is 0 Å². The molecule has 0 heterocycles. The number of allylic oxidation sites excluding steroid dienone is 1. The minimum atomic E-state index is -0.243. The summed E-state index contributed by atoms with van der Waals surface area (Å²) in [5, 5.41) is 0. The zero-order valence-electron chi connectivity index (χ0n) is 11.3. The zero-order valence-corrected chi connectivity index (χ0v) is 11.3. The van der Waals surface area contributed by atoms with Crippen LogP contribution in [0.25, 0.3) is 0 Å². The maximum Gasteiger partial charge on any atom is 0.331 e. The smallest absolute Gasteiger partial charge is 0.331 e. The van der Waals surface area contributed by atoms with E-state index in [9.17, 15) is 4.79 Å². The van der Waals surface area contributed by atoms with Crippen molar-refractivity contribution in [1.29, 1.82) is 0 Å². The van der Waals surface area contributed by atoms with E-state index in [-0.39, 0.29) is 5.97 Å². The van der Waals surface area contributed by atoms with Gasteiger partial charge in [0.1, 0.15) is 6.61 Å². The van der Waals surface area contributed by atoms with Crippen LogP contribution in [0.4, 0.5) is 0 Å². The Morgan fingerprint density at radius 1 is 1.22 bits per heavy atom. The van der Waals surface area contributed by atoms with E-state index in [4.69, 9.17) is 4.74 Å². The van der Waals surface area contributed by atoms with Gasteiger partial charge in [0.25, 0.3) is 0 Å². The molecule has 2 heteroatoms. The summed E-state index contributed by atoms with van der Waals surface area (Å²) in [5.74, 6) is -0.243. The molecule has 18 heavy (non-hydrogen) atoms. The minimum Gasteiger partial charge on any atom is -0.458 e. The predicted octanol–water partition coefficient (Wildman–Crippen LogP) is 4.26. The van der Waals surface area contributed by atoms with Crippen LogP contribution in [0.2, 0.25) is 0 Å². The van der Waals surface area contributed by atoms with Crippen LogP contribution in [-0.4, -0.2) is 5.97 Å². The van der Waals surface area contributed by atoms with Gasteiger partial charge in [0.2, 0.25) is 0 Å². The molecule has 98 valence electrons. The van der Waals surface area contributed by atoms with Gasteiger partial charge in [-0.05, 0) is 25.3 Å². The van der Waals surface area contributed by atoms with Crippen LogP contribution >= 0.6 is 0 Å². The predicted molar refractivity (Wildman–Crippen MR) is 74.1 cm³/mol. The number of hydrogen-bond acceptors (Lipinski definition) is 2. The lowest BCUT2D eigenvalue weighted by Crippen LogP contribution is -2.01. The van der Waals surface area contributed by atoms with Crippen LogP contribution in [0.5, 0.6) is 0 Å². The van der Waals surface area contributed by atoms with E-state index in [1.54, 1.807) is 6.08 Å². The molecule has 1 aromatic carbocycles. The number of unbranched alkanes of at least 4 members (excludes halogenated alkanes) is 2. The molecule has 0 N–H and O–H groups in total. The van der Waals surface area contributed by atoms with Gasteiger partial charge in [0.15, 0.2) is 0 Å². The molecule has 1 rings (SSSR count). The fourth-order valence-electron chi connectivity index (χ4n) is 1.70. The molecule has 0 saturated carbocycles. The largest absolute Gasteiger partial charge is 0.458 e. The van der Waals surface area contributed by atoms with Crippen molar-refractivity contribution < 1.29 is 9.53 Å². The lowest BCUT2D eigenvalue weighted by Gasteiger charge is -2.03. The molecule has 2 nitrogen and oxygen atoms in total. The molecule has 0 unspecified atom stereocenters. The number of carbonyl (C=O) groups excluding carboxylic acids is 1. The molecule has 0 aliphatic heterocycles. The van der Waals surface area contributed by atoms with Gasteiger partial charge in [-0.3, -0.25) is 0 Å². The first kappa shape index (κ1) is 14.5. The van der Waals surface area contributed by atoms with E-state index < -0.39 is 0 Å². The highest BCUT2D eigenvalue weighted by Gasteiger charge is 2.00. The van der Waals surface area contributed by atoms with Gasteiger partial charge in [0, 0.05) is 6.08 Å². The van der Waals surface area contributed by atoms with Crippen LogP contribution in [0.15, 0.2) is 42.0 Å². The van der Waals surface area contributed by atoms with Crippen LogP contribution in [0, 0.1) is 0 Å². The molecule has 0 aliphatic rings. The van der Waals surface area contributed by atoms with Gasteiger partial charge in [-0.2, -0.15) is 0 Å². The fraction of sp³-hybridized carbons (Fsp3) is 0.438. The maximum absolute atomic E-state index is 11.6. The summed E-state index contributed by atoms with van der Waals surface area (Å²) in [6.07, 6.45) is 6.15. The van der Waals surface area contributed by atoms with Crippen LogP contribution in [0.1, 0.15) is 45.1 Å². The molecule has 0 atom stereocenters. The number of esters is 1.